The van der Waals surface area contributed by atoms with Crippen molar-refractivity contribution in [2.45, 2.75) is 0 Å². The summed E-state index contributed by atoms with van der Waals surface area (Å²) in [6, 6.07) is 9.38. The van der Waals surface area contributed by atoms with Crippen LogP contribution in [-0.4, -0.2) is 4.98 Å². The Kier molecular flexibility index (Phi) is 1.78. The van der Waals surface area contributed by atoms with Crippen molar-refractivity contribution < 1.29 is 9.15 Å². The molecule has 0 bridgehead atoms. The largest absolute Gasteiger partial charge is 0.437 e. The number of oxazole rings is 1. The highest BCUT2D eigenvalue weighted by atomic mass is 16.5. The summed E-state index contributed by atoms with van der Waals surface area (Å²) in [6.07, 6.45) is 3.70. The number of hydrogen-bond donors (Lipinski definition) is 0. The van der Waals surface area contributed by atoms with Crippen LogP contribution in [0, 0.1) is 6.39 Å². The van der Waals surface area contributed by atoms with Crippen LogP contribution >= 0.6 is 0 Å². The highest BCUT2D eigenvalue weighted by Gasteiger charge is 1.97. The first kappa shape index (κ1) is 6.91. The number of para-hydroxylation sites is 1. The van der Waals surface area contributed by atoms with Crippen molar-refractivity contribution >= 4 is 0 Å². The lowest BCUT2D eigenvalue weighted by atomic mass is 10.3. The van der Waals surface area contributed by atoms with Gasteiger partial charge in [0.15, 0.2) is 6.26 Å². The molecule has 0 spiro atoms. The zero-order valence-electron chi connectivity index (χ0n) is 6.23. The summed E-state index contributed by atoms with van der Waals surface area (Å²) in [5.41, 5.74) is 0. The van der Waals surface area contributed by atoms with E-state index in [-0.39, 0.29) is 0 Å². The third-order valence-electron chi connectivity index (χ3n) is 1.33. The second-order valence-corrected chi connectivity index (χ2v) is 2.19. The number of ether oxygens (including phenoxy) is 1. The maximum atomic E-state index is 5.28. The van der Waals surface area contributed by atoms with Crippen LogP contribution in [0.2, 0.25) is 0 Å². The first-order valence-corrected chi connectivity index (χ1v) is 3.49. The Labute approximate surface area is 69.6 Å². The van der Waals surface area contributed by atoms with Gasteiger partial charge in [0, 0.05) is 0 Å². The van der Waals surface area contributed by atoms with E-state index in [4.69, 9.17) is 4.74 Å². The minimum atomic E-state index is 0.418. The van der Waals surface area contributed by atoms with E-state index < -0.39 is 0 Å². The molecule has 0 unspecified atom stereocenters. The smallest absolute Gasteiger partial charge is 0.287 e. The summed E-state index contributed by atoms with van der Waals surface area (Å²) in [6.45, 7) is 0. The van der Waals surface area contributed by atoms with Crippen molar-refractivity contribution in [2.24, 2.45) is 0 Å². The van der Waals surface area contributed by atoms with E-state index in [1.165, 1.54) is 6.26 Å². The standard InChI is InChI=1S/C9H6NO2/c1-2-4-8(5-3-1)12-9-6-11-7-10-9/h1-6H. The van der Waals surface area contributed by atoms with Gasteiger partial charge in [0.1, 0.15) is 5.75 Å². The Morgan fingerprint density at radius 1 is 1.25 bits per heavy atom. The highest BCUT2D eigenvalue weighted by Crippen LogP contribution is 2.17. The normalized spacial score (nSPS) is 9.67. The molecule has 3 heteroatoms. The van der Waals surface area contributed by atoms with Crippen molar-refractivity contribution in [1.82, 2.24) is 4.98 Å². The maximum absolute atomic E-state index is 5.28. The van der Waals surface area contributed by atoms with Gasteiger partial charge in [-0.15, -0.1) is 0 Å². The van der Waals surface area contributed by atoms with Gasteiger partial charge in [-0.1, -0.05) is 18.2 Å². The fourth-order valence-corrected chi connectivity index (χ4v) is 0.831. The van der Waals surface area contributed by atoms with Crippen LogP contribution in [0.3, 0.4) is 0 Å². The van der Waals surface area contributed by atoms with Crippen molar-refractivity contribution in [3.63, 3.8) is 0 Å². The fourth-order valence-electron chi connectivity index (χ4n) is 0.831. The second kappa shape index (κ2) is 3.09. The van der Waals surface area contributed by atoms with E-state index in [1.807, 2.05) is 30.3 Å². The molecule has 1 heterocycles. The Balaban J connectivity index is 2.15. The average Bonchev–Trinajstić information content (AvgIpc) is 2.59. The van der Waals surface area contributed by atoms with Gasteiger partial charge >= 0.3 is 0 Å². The van der Waals surface area contributed by atoms with E-state index in [0.717, 1.165) is 5.75 Å². The van der Waals surface area contributed by atoms with E-state index >= 15 is 0 Å². The molecule has 0 aliphatic rings. The number of hydrogen-bond acceptors (Lipinski definition) is 3. The molecule has 1 radical (unpaired) electrons. The van der Waals surface area contributed by atoms with Crippen molar-refractivity contribution in [1.29, 1.82) is 0 Å². The van der Waals surface area contributed by atoms with Gasteiger partial charge in [0.25, 0.3) is 12.3 Å². The predicted molar refractivity (Wildman–Crippen MR) is 41.9 cm³/mol. The first-order valence-electron chi connectivity index (χ1n) is 3.49. The predicted octanol–water partition coefficient (Wildman–Crippen LogP) is 2.27. The minimum Gasteiger partial charge on any atom is -0.437 e. The van der Waals surface area contributed by atoms with Crippen LogP contribution in [0.5, 0.6) is 11.6 Å². The Morgan fingerprint density at radius 2 is 2.08 bits per heavy atom. The molecular formula is C9H6NO2. The molecule has 1 aromatic heterocycles. The van der Waals surface area contributed by atoms with E-state index in [2.05, 4.69) is 15.8 Å². The lowest BCUT2D eigenvalue weighted by molar-refractivity contribution is 0.457. The summed E-state index contributed by atoms with van der Waals surface area (Å²) >= 11 is 0. The summed E-state index contributed by atoms with van der Waals surface area (Å²) in [5.74, 6) is 1.15. The van der Waals surface area contributed by atoms with Crippen molar-refractivity contribution in [3.05, 3.63) is 43.0 Å². The third kappa shape index (κ3) is 1.45. The SMILES string of the molecule is [c]1nc(Oc2ccccc2)co1. The fraction of sp³-hybridized carbons (Fsp3) is 0. The number of nitrogens with zero attached hydrogens (tertiary/aromatic N) is 1. The van der Waals surface area contributed by atoms with Gasteiger partial charge in [-0.05, 0) is 12.1 Å². The molecule has 0 aliphatic carbocycles. The molecule has 0 saturated carbocycles. The van der Waals surface area contributed by atoms with Crippen molar-refractivity contribution in [2.75, 3.05) is 0 Å². The molecule has 0 fully saturated rings. The molecule has 0 atom stereocenters. The first-order chi connectivity index (χ1) is 5.95. The van der Waals surface area contributed by atoms with Crippen LogP contribution < -0.4 is 4.74 Å². The molecule has 0 saturated heterocycles. The van der Waals surface area contributed by atoms with Crippen LogP contribution in [0.25, 0.3) is 0 Å². The number of rotatable bonds is 2. The Hall–Kier alpha value is -1.77. The quantitative estimate of drug-likeness (QED) is 0.675. The van der Waals surface area contributed by atoms with Crippen LogP contribution in [0.4, 0.5) is 0 Å². The van der Waals surface area contributed by atoms with E-state index in [0.29, 0.717) is 5.88 Å². The monoisotopic (exact) mass is 160 g/mol. The molecule has 2 rings (SSSR count). The Bertz CT molecular complexity index is 329. The van der Waals surface area contributed by atoms with Gasteiger partial charge in [0.05, 0.1) is 0 Å². The van der Waals surface area contributed by atoms with Gasteiger partial charge in [0.2, 0.25) is 0 Å². The zero-order chi connectivity index (χ0) is 8.23. The van der Waals surface area contributed by atoms with E-state index in [9.17, 15) is 0 Å². The van der Waals surface area contributed by atoms with E-state index in [1.54, 1.807) is 0 Å². The molecular weight excluding hydrogens is 154 g/mol. The topological polar surface area (TPSA) is 35.3 Å². The molecule has 0 aliphatic heterocycles. The van der Waals surface area contributed by atoms with Gasteiger partial charge < -0.3 is 9.15 Å². The Morgan fingerprint density at radius 3 is 2.75 bits per heavy atom. The summed E-state index contributed by atoms with van der Waals surface area (Å²) in [7, 11) is 0. The highest BCUT2D eigenvalue weighted by molar-refractivity contribution is 5.24. The lowest BCUT2D eigenvalue weighted by Gasteiger charge is -1.98. The van der Waals surface area contributed by atoms with Crippen LogP contribution in [-0.2, 0) is 0 Å². The number of aromatic nitrogens is 1. The van der Waals surface area contributed by atoms with Crippen LogP contribution in [0.15, 0.2) is 41.0 Å². The molecule has 3 nitrogen and oxygen atoms in total. The summed E-state index contributed by atoms with van der Waals surface area (Å²) < 4.78 is 9.91. The minimum absolute atomic E-state index is 0.418. The van der Waals surface area contributed by atoms with Crippen LogP contribution in [0.1, 0.15) is 0 Å². The summed E-state index contributed by atoms with van der Waals surface area (Å²) in [4.78, 5) is 3.70. The van der Waals surface area contributed by atoms with Gasteiger partial charge in [-0.2, -0.15) is 4.98 Å². The molecule has 1 aromatic carbocycles. The second-order valence-electron chi connectivity index (χ2n) is 2.19. The molecule has 0 N–H and O–H groups in total. The van der Waals surface area contributed by atoms with Crippen molar-refractivity contribution in [3.8, 4) is 11.6 Å². The zero-order valence-corrected chi connectivity index (χ0v) is 6.23. The summed E-state index contributed by atoms with van der Waals surface area (Å²) in [5, 5.41) is 0. The third-order valence-corrected chi connectivity index (χ3v) is 1.33. The molecule has 12 heavy (non-hydrogen) atoms. The van der Waals surface area contributed by atoms with Gasteiger partial charge in [-0.3, -0.25) is 0 Å². The molecule has 0 amide bonds. The molecule has 59 valence electrons. The molecule has 2 aromatic rings. The van der Waals surface area contributed by atoms with Gasteiger partial charge in [-0.25, -0.2) is 0 Å². The average molecular weight is 160 g/mol. The maximum Gasteiger partial charge on any atom is 0.287 e. The number of benzene rings is 1. The lowest BCUT2D eigenvalue weighted by Crippen LogP contribution is -1.81.